The highest BCUT2D eigenvalue weighted by molar-refractivity contribution is 9.10. The number of hydrogen-bond donors (Lipinski definition) is 2. The van der Waals surface area contributed by atoms with Gasteiger partial charge >= 0.3 is 0 Å². The predicted octanol–water partition coefficient (Wildman–Crippen LogP) is 3.06. The number of hydrogen-bond acceptors (Lipinski definition) is 4. The summed E-state index contributed by atoms with van der Waals surface area (Å²) >= 11 is 3.40. The molecule has 0 saturated carbocycles. The fourth-order valence-corrected chi connectivity index (χ4v) is 2.85. The molecule has 4 nitrogen and oxygen atoms in total. The van der Waals surface area contributed by atoms with E-state index in [0.29, 0.717) is 4.73 Å². The Morgan fingerprint density at radius 3 is 2.85 bits per heavy atom. The Hall–Kier alpha value is -1.46. The van der Waals surface area contributed by atoms with Gasteiger partial charge in [0.05, 0.1) is 5.69 Å². The van der Waals surface area contributed by atoms with Crippen LogP contribution in [0.4, 0.5) is 5.82 Å². The second-order valence-corrected chi connectivity index (χ2v) is 5.68. The lowest BCUT2D eigenvalue weighted by molar-refractivity contribution is 0.623. The Kier molecular flexibility index (Phi) is 3.98. The van der Waals surface area contributed by atoms with Gasteiger partial charge in [0.2, 0.25) is 0 Å². The third-order valence-corrected chi connectivity index (χ3v) is 3.91. The van der Waals surface area contributed by atoms with Crippen LogP contribution in [-0.4, -0.2) is 16.5 Å². The molecule has 3 rings (SSSR count). The van der Waals surface area contributed by atoms with E-state index >= 15 is 0 Å². The molecule has 2 heterocycles. The minimum Gasteiger partial charge on any atom is -0.363 e. The van der Waals surface area contributed by atoms with Crippen molar-refractivity contribution < 1.29 is 0 Å². The standard InChI is InChI=1S/C15H17BrN4/c1-10(11-5-3-2-4-6-11)18-14-12-9-17-8-7-13(12)19-15(16)20-14/h2-6,10,17H,7-9H2,1H3,(H,18,19,20). The second-order valence-electron chi connectivity index (χ2n) is 4.97. The van der Waals surface area contributed by atoms with E-state index in [1.54, 1.807) is 0 Å². The SMILES string of the molecule is CC(Nc1nc(Br)nc2c1CNCC2)c1ccccc1. The van der Waals surface area contributed by atoms with Crippen LogP contribution < -0.4 is 10.6 Å². The summed E-state index contributed by atoms with van der Waals surface area (Å²) in [6.07, 6.45) is 0.949. The van der Waals surface area contributed by atoms with Crippen LogP contribution in [0, 0.1) is 0 Å². The van der Waals surface area contributed by atoms with Crippen molar-refractivity contribution in [3.63, 3.8) is 0 Å². The molecule has 0 aliphatic carbocycles. The average Bonchev–Trinajstić information content (AvgIpc) is 2.48. The van der Waals surface area contributed by atoms with Gasteiger partial charge in [-0.05, 0) is 28.4 Å². The van der Waals surface area contributed by atoms with E-state index < -0.39 is 0 Å². The second kappa shape index (κ2) is 5.89. The largest absolute Gasteiger partial charge is 0.363 e. The van der Waals surface area contributed by atoms with Crippen molar-refractivity contribution in [1.82, 2.24) is 15.3 Å². The molecule has 1 aromatic heterocycles. The molecule has 0 spiro atoms. The normalized spacial score (nSPS) is 15.5. The van der Waals surface area contributed by atoms with Crippen molar-refractivity contribution in [2.24, 2.45) is 0 Å². The number of anilines is 1. The number of aromatic nitrogens is 2. The van der Waals surface area contributed by atoms with Crippen LogP contribution in [0.25, 0.3) is 0 Å². The first-order chi connectivity index (χ1) is 9.74. The molecule has 2 aromatic rings. The molecule has 1 aliphatic heterocycles. The number of rotatable bonds is 3. The van der Waals surface area contributed by atoms with Gasteiger partial charge in [0, 0.05) is 31.1 Å². The van der Waals surface area contributed by atoms with Crippen LogP contribution >= 0.6 is 15.9 Å². The summed E-state index contributed by atoms with van der Waals surface area (Å²) < 4.78 is 0.654. The van der Waals surface area contributed by atoms with Crippen molar-refractivity contribution in [3.8, 4) is 0 Å². The first-order valence-corrected chi connectivity index (χ1v) is 7.61. The highest BCUT2D eigenvalue weighted by atomic mass is 79.9. The highest BCUT2D eigenvalue weighted by Crippen LogP contribution is 2.25. The Bertz CT molecular complexity index is 600. The molecule has 1 atom stereocenters. The molecule has 1 aliphatic rings. The summed E-state index contributed by atoms with van der Waals surface area (Å²) in [5, 5.41) is 6.88. The minimum atomic E-state index is 0.212. The summed E-state index contributed by atoms with van der Waals surface area (Å²) in [4.78, 5) is 8.99. The molecule has 104 valence electrons. The molecule has 1 aromatic carbocycles. The van der Waals surface area contributed by atoms with Crippen LogP contribution in [0.1, 0.15) is 29.8 Å². The van der Waals surface area contributed by atoms with Crippen molar-refractivity contribution in [2.45, 2.75) is 25.9 Å². The van der Waals surface area contributed by atoms with E-state index in [2.05, 4.69) is 67.7 Å². The van der Waals surface area contributed by atoms with Crippen LogP contribution in [-0.2, 0) is 13.0 Å². The smallest absolute Gasteiger partial charge is 0.198 e. The fraction of sp³-hybridized carbons (Fsp3) is 0.333. The molecule has 0 bridgehead atoms. The van der Waals surface area contributed by atoms with Crippen molar-refractivity contribution in [3.05, 3.63) is 51.9 Å². The summed E-state index contributed by atoms with van der Waals surface area (Å²) in [6, 6.07) is 10.6. The molecule has 1 unspecified atom stereocenters. The first kappa shape index (κ1) is 13.5. The molecule has 2 N–H and O–H groups in total. The van der Waals surface area contributed by atoms with Gasteiger partial charge in [0.15, 0.2) is 4.73 Å². The Balaban J connectivity index is 1.89. The van der Waals surface area contributed by atoms with Gasteiger partial charge in [0.1, 0.15) is 5.82 Å². The van der Waals surface area contributed by atoms with Gasteiger partial charge in [-0.25, -0.2) is 9.97 Å². The van der Waals surface area contributed by atoms with Crippen LogP contribution in [0.3, 0.4) is 0 Å². The lowest BCUT2D eigenvalue weighted by Crippen LogP contribution is -2.26. The maximum Gasteiger partial charge on any atom is 0.198 e. The van der Waals surface area contributed by atoms with E-state index in [1.165, 1.54) is 11.1 Å². The van der Waals surface area contributed by atoms with E-state index in [9.17, 15) is 0 Å². The Morgan fingerprint density at radius 2 is 2.05 bits per heavy atom. The van der Waals surface area contributed by atoms with Crippen LogP contribution in [0.5, 0.6) is 0 Å². The molecule has 5 heteroatoms. The number of nitrogens with zero attached hydrogens (tertiary/aromatic N) is 2. The summed E-state index contributed by atoms with van der Waals surface area (Å²) in [5.41, 5.74) is 3.57. The lowest BCUT2D eigenvalue weighted by atomic mass is 10.1. The summed E-state index contributed by atoms with van der Waals surface area (Å²) in [6.45, 7) is 3.95. The third kappa shape index (κ3) is 2.83. The molecule has 20 heavy (non-hydrogen) atoms. The van der Waals surface area contributed by atoms with Crippen LogP contribution in [0.15, 0.2) is 35.1 Å². The fourth-order valence-electron chi connectivity index (χ4n) is 2.46. The zero-order chi connectivity index (χ0) is 13.9. The molecular weight excluding hydrogens is 316 g/mol. The highest BCUT2D eigenvalue weighted by Gasteiger charge is 2.18. The topological polar surface area (TPSA) is 49.8 Å². The summed E-state index contributed by atoms with van der Waals surface area (Å²) in [7, 11) is 0. The third-order valence-electron chi connectivity index (χ3n) is 3.56. The van der Waals surface area contributed by atoms with Gasteiger partial charge in [-0.2, -0.15) is 0 Å². The number of fused-ring (bicyclic) bond motifs is 1. The Labute approximate surface area is 127 Å². The van der Waals surface area contributed by atoms with Gasteiger partial charge in [-0.15, -0.1) is 0 Å². The number of benzene rings is 1. The zero-order valence-corrected chi connectivity index (χ0v) is 12.9. The molecule has 0 amide bonds. The lowest BCUT2D eigenvalue weighted by Gasteiger charge is -2.22. The van der Waals surface area contributed by atoms with Gasteiger partial charge < -0.3 is 10.6 Å². The van der Waals surface area contributed by atoms with E-state index in [4.69, 9.17) is 0 Å². The monoisotopic (exact) mass is 332 g/mol. The molecule has 0 saturated heterocycles. The van der Waals surface area contributed by atoms with Gasteiger partial charge in [-0.3, -0.25) is 0 Å². The van der Waals surface area contributed by atoms with E-state index in [0.717, 1.165) is 31.0 Å². The summed E-state index contributed by atoms with van der Waals surface area (Å²) in [5.74, 6) is 0.922. The minimum absolute atomic E-state index is 0.212. The first-order valence-electron chi connectivity index (χ1n) is 6.81. The van der Waals surface area contributed by atoms with Crippen LogP contribution in [0.2, 0.25) is 0 Å². The number of halogens is 1. The molecule has 0 fully saturated rings. The van der Waals surface area contributed by atoms with Crippen molar-refractivity contribution in [1.29, 1.82) is 0 Å². The van der Waals surface area contributed by atoms with Crippen molar-refractivity contribution >= 4 is 21.7 Å². The van der Waals surface area contributed by atoms with Crippen molar-refractivity contribution in [2.75, 3.05) is 11.9 Å². The van der Waals surface area contributed by atoms with Gasteiger partial charge in [0.25, 0.3) is 0 Å². The maximum atomic E-state index is 4.51. The number of nitrogens with one attached hydrogen (secondary N) is 2. The van der Waals surface area contributed by atoms with E-state index in [-0.39, 0.29) is 6.04 Å². The quantitative estimate of drug-likeness (QED) is 0.848. The maximum absolute atomic E-state index is 4.51. The zero-order valence-electron chi connectivity index (χ0n) is 11.4. The Morgan fingerprint density at radius 1 is 1.25 bits per heavy atom. The average molecular weight is 333 g/mol. The van der Waals surface area contributed by atoms with E-state index in [1.807, 2.05) is 6.07 Å². The van der Waals surface area contributed by atoms with Gasteiger partial charge in [-0.1, -0.05) is 30.3 Å². The predicted molar refractivity (Wildman–Crippen MR) is 83.6 cm³/mol. The molecular formula is C15H17BrN4. The molecule has 0 radical (unpaired) electrons.